The monoisotopic (exact) mass is 222 g/mol. The molecule has 0 heterocycles. The molecule has 0 spiro atoms. The van der Waals surface area contributed by atoms with Gasteiger partial charge in [0.05, 0.1) is 6.10 Å². The predicted molar refractivity (Wildman–Crippen MR) is 70.3 cm³/mol. The third-order valence-electron chi connectivity index (χ3n) is 3.62. The zero-order valence-electron chi connectivity index (χ0n) is 11.0. The first-order chi connectivity index (χ1) is 7.50. The molecule has 1 aliphatic rings. The van der Waals surface area contributed by atoms with E-state index in [4.69, 9.17) is 0 Å². The predicted octanol–water partition coefficient (Wildman–Crippen LogP) is 4.09. The van der Waals surface area contributed by atoms with E-state index in [2.05, 4.69) is 33.4 Å². The van der Waals surface area contributed by atoms with Crippen LogP contribution in [0.5, 0.6) is 0 Å². The van der Waals surface area contributed by atoms with Crippen molar-refractivity contribution in [2.24, 2.45) is 11.8 Å². The average molecular weight is 222 g/mol. The molecule has 1 saturated carbocycles. The lowest BCUT2D eigenvalue weighted by molar-refractivity contribution is 0.0642. The Labute approximate surface area is 100 Å². The smallest absolute Gasteiger partial charge is 0.0607 e. The Hall–Kier alpha value is -0.560. The molecule has 0 aromatic carbocycles. The van der Waals surface area contributed by atoms with Crippen molar-refractivity contribution in [3.8, 4) is 0 Å². The normalized spacial score (nSPS) is 29.9. The number of aliphatic hydroxyl groups excluding tert-OH is 1. The number of hydrogen-bond acceptors (Lipinski definition) is 1. The molecular weight excluding hydrogens is 196 g/mol. The van der Waals surface area contributed by atoms with Crippen LogP contribution in [0.15, 0.2) is 23.8 Å². The molecular formula is C15H26O. The summed E-state index contributed by atoms with van der Waals surface area (Å²) in [6, 6.07) is 0. The number of rotatable bonds is 4. The first-order valence-electron chi connectivity index (χ1n) is 6.49. The van der Waals surface area contributed by atoms with E-state index in [9.17, 15) is 5.11 Å². The topological polar surface area (TPSA) is 20.2 Å². The van der Waals surface area contributed by atoms with Crippen molar-refractivity contribution < 1.29 is 5.11 Å². The molecule has 0 bridgehead atoms. The van der Waals surface area contributed by atoms with E-state index >= 15 is 0 Å². The van der Waals surface area contributed by atoms with Crippen LogP contribution in [0.1, 0.15) is 52.9 Å². The van der Waals surface area contributed by atoms with E-state index in [1.54, 1.807) is 0 Å². The fourth-order valence-corrected chi connectivity index (χ4v) is 2.56. The van der Waals surface area contributed by atoms with Gasteiger partial charge in [0.2, 0.25) is 0 Å². The summed E-state index contributed by atoms with van der Waals surface area (Å²) in [4.78, 5) is 0. The average Bonchev–Trinajstić information content (AvgIpc) is 2.16. The molecule has 1 fully saturated rings. The summed E-state index contributed by atoms with van der Waals surface area (Å²) < 4.78 is 0. The largest absolute Gasteiger partial charge is 0.392 e. The van der Waals surface area contributed by atoms with Gasteiger partial charge in [0.15, 0.2) is 0 Å². The molecule has 1 heteroatoms. The lowest BCUT2D eigenvalue weighted by atomic mass is 9.76. The van der Waals surface area contributed by atoms with Crippen LogP contribution < -0.4 is 0 Å². The summed E-state index contributed by atoms with van der Waals surface area (Å²) >= 11 is 0. The summed E-state index contributed by atoms with van der Waals surface area (Å²) in [6.45, 7) is 10.6. The van der Waals surface area contributed by atoms with Crippen LogP contribution in [-0.4, -0.2) is 11.2 Å². The first kappa shape index (κ1) is 13.5. The fourth-order valence-electron chi connectivity index (χ4n) is 2.56. The zero-order valence-corrected chi connectivity index (χ0v) is 11.0. The molecule has 0 aromatic rings. The van der Waals surface area contributed by atoms with Gasteiger partial charge in [-0.3, -0.25) is 0 Å². The zero-order chi connectivity index (χ0) is 12.1. The van der Waals surface area contributed by atoms with Crippen molar-refractivity contribution in [1.29, 1.82) is 0 Å². The van der Waals surface area contributed by atoms with E-state index in [0.717, 1.165) is 25.7 Å². The van der Waals surface area contributed by atoms with E-state index in [1.165, 1.54) is 17.6 Å². The Bertz CT molecular complexity index is 261. The minimum atomic E-state index is -0.150. The van der Waals surface area contributed by atoms with Crippen LogP contribution in [0.2, 0.25) is 0 Å². The van der Waals surface area contributed by atoms with Crippen molar-refractivity contribution in [2.45, 2.75) is 59.0 Å². The molecule has 0 aromatic heterocycles. The first-order valence-corrected chi connectivity index (χ1v) is 6.49. The van der Waals surface area contributed by atoms with Crippen LogP contribution in [0.3, 0.4) is 0 Å². The quantitative estimate of drug-likeness (QED) is 0.710. The SMILES string of the molecule is C=C(CCC=C(C)C)C1CCC(C)CC1O. The highest BCUT2D eigenvalue weighted by molar-refractivity contribution is 5.07. The van der Waals surface area contributed by atoms with Gasteiger partial charge < -0.3 is 5.11 Å². The molecule has 16 heavy (non-hydrogen) atoms. The van der Waals surface area contributed by atoms with Crippen LogP contribution in [0.4, 0.5) is 0 Å². The maximum Gasteiger partial charge on any atom is 0.0607 e. The molecule has 92 valence electrons. The van der Waals surface area contributed by atoms with Gasteiger partial charge in [0.25, 0.3) is 0 Å². The van der Waals surface area contributed by atoms with Crippen molar-refractivity contribution in [1.82, 2.24) is 0 Å². The molecule has 1 N–H and O–H groups in total. The van der Waals surface area contributed by atoms with Gasteiger partial charge in [-0.25, -0.2) is 0 Å². The van der Waals surface area contributed by atoms with Crippen molar-refractivity contribution in [3.05, 3.63) is 23.8 Å². The van der Waals surface area contributed by atoms with Crippen LogP contribution in [0, 0.1) is 11.8 Å². The standard InChI is InChI=1S/C15H26O/c1-11(2)6-5-7-13(4)14-9-8-12(3)10-15(14)16/h6,12,14-16H,4-5,7-10H2,1-3H3. The van der Waals surface area contributed by atoms with Crippen LogP contribution in [-0.2, 0) is 0 Å². The van der Waals surface area contributed by atoms with E-state index in [-0.39, 0.29) is 6.10 Å². The van der Waals surface area contributed by atoms with Crippen LogP contribution in [0.25, 0.3) is 0 Å². The molecule has 0 saturated heterocycles. The van der Waals surface area contributed by atoms with Gasteiger partial charge in [-0.15, -0.1) is 0 Å². The molecule has 3 atom stereocenters. The molecule has 0 aliphatic heterocycles. The molecule has 1 aliphatic carbocycles. The Morgan fingerprint density at radius 1 is 1.38 bits per heavy atom. The Kier molecular flexibility index (Phi) is 5.27. The van der Waals surface area contributed by atoms with Crippen molar-refractivity contribution in [3.63, 3.8) is 0 Å². The highest BCUT2D eigenvalue weighted by atomic mass is 16.3. The second-order valence-corrected chi connectivity index (χ2v) is 5.57. The van der Waals surface area contributed by atoms with Gasteiger partial charge in [-0.05, 0) is 51.9 Å². The summed E-state index contributed by atoms with van der Waals surface area (Å²) in [7, 11) is 0. The molecule has 0 radical (unpaired) electrons. The lowest BCUT2D eigenvalue weighted by Gasteiger charge is -2.32. The number of allylic oxidation sites excluding steroid dienone is 2. The number of hydrogen-bond donors (Lipinski definition) is 1. The minimum Gasteiger partial charge on any atom is -0.392 e. The van der Waals surface area contributed by atoms with E-state index in [1.807, 2.05) is 0 Å². The molecule has 1 nitrogen and oxygen atoms in total. The summed E-state index contributed by atoms with van der Waals surface area (Å²) in [5, 5.41) is 10.0. The second kappa shape index (κ2) is 6.24. The van der Waals surface area contributed by atoms with Crippen molar-refractivity contribution >= 4 is 0 Å². The molecule has 3 unspecified atom stereocenters. The molecule has 1 rings (SSSR count). The Balaban J connectivity index is 2.39. The van der Waals surface area contributed by atoms with Gasteiger partial charge in [0.1, 0.15) is 0 Å². The lowest BCUT2D eigenvalue weighted by Crippen LogP contribution is -2.29. The van der Waals surface area contributed by atoms with Gasteiger partial charge >= 0.3 is 0 Å². The van der Waals surface area contributed by atoms with E-state index in [0.29, 0.717) is 11.8 Å². The second-order valence-electron chi connectivity index (χ2n) is 5.57. The fraction of sp³-hybridized carbons (Fsp3) is 0.733. The van der Waals surface area contributed by atoms with Gasteiger partial charge in [-0.2, -0.15) is 0 Å². The third-order valence-corrected chi connectivity index (χ3v) is 3.62. The van der Waals surface area contributed by atoms with Crippen LogP contribution >= 0.6 is 0 Å². The molecule has 0 amide bonds. The Morgan fingerprint density at radius 3 is 2.62 bits per heavy atom. The summed E-state index contributed by atoms with van der Waals surface area (Å²) in [6.07, 6.45) is 7.51. The van der Waals surface area contributed by atoms with E-state index < -0.39 is 0 Å². The highest BCUT2D eigenvalue weighted by Gasteiger charge is 2.28. The summed E-state index contributed by atoms with van der Waals surface area (Å²) in [5.74, 6) is 1.03. The Morgan fingerprint density at radius 2 is 2.06 bits per heavy atom. The maximum atomic E-state index is 10.0. The van der Waals surface area contributed by atoms with Crippen molar-refractivity contribution in [2.75, 3.05) is 0 Å². The van der Waals surface area contributed by atoms with Gasteiger partial charge in [-0.1, -0.05) is 30.7 Å². The van der Waals surface area contributed by atoms with Gasteiger partial charge in [0, 0.05) is 5.92 Å². The summed E-state index contributed by atoms with van der Waals surface area (Å²) in [5.41, 5.74) is 2.61. The highest BCUT2D eigenvalue weighted by Crippen LogP contribution is 2.34. The minimum absolute atomic E-state index is 0.150. The third kappa shape index (κ3) is 4.13. The maximum absolute atomic E-state index is 10.0. The number of aliphatic hydroxyl groups is 1.